The summed E-state index contributed by atoms with van der Waals surface area (Å²) in [6.07, 6.45) is 5.77. The molecular weight excluding hydrogens is 436 g/mol. The van der Waals surface area contributed by atoms with Gasteiger partial charge in [0.25, 0.3) is 0 Å². The first kappa shape index (κ1) is 26.2. The maximum atomic E-state index is 12.6. The Morgan fingerprint density at radius 3 is 2.06 bits per heavy atom. The number of aryl methyl sites for hydroxylation is 2. The highest BCUT2D eigenvalue weighted by Crippen LogP contribution is 2.24. The van der Waals surface area contributed by atoms with Gasteiger partial charge in [-0.3, -0.25) is 0 Å². The van der Waals surface area contributed by atoms with Crippen LogP contribution in [0.15, 0.2) is 66.7 Å². The minimum atomic E-state index is -0.439. The van der Waals surface area contributed by atoms with E-state index in [1.54, 1.807) is 36.4 Å². The van der Waals surface area contributed by atoms with Crippen LogP contribution in [-0.4, -0.2) is 18.5 Å². The number of benzene rings is 3. The summed E-state index contributed by atoms with van der Waals surface area (Å²) >= 11 is 0. The van der Waals surface area contributed by atoms with Gasteiger partial charge >= 0.3 is 11.9 Å². The molecular formula is C31H36O4. The van der Waals surface area contributed by atoms with Crippen molar-refractivity contribution in [1.29, 1.82) is 0 Å². The van der Waals surface area contributed by atoms with E-state index in [-0.39, 0.29) is 5.97 Å². The minimum Gasteiger partial charge on any atom is -0.462 e. The van der Waals surface area contributed by atoms with E-state index in [4.69, 9.17) is 9.47 Å². The summed E-state index contributed by atoms with van der Waals surface area (Å²) in [4.78, 5) is 24.7. The molecule has 0 aliphatic carbocycles. The van der Waals surface area contributed by atoms with Gasteiger partial charge < -0.3 is 9.47 Å². The lowest BCUT2D eigenvalue weighted by Gasteiger charge is -2.10. The molecule has 0 aliphatic heterocycles. The van der Waals surface area contributed by atoms with Gasteiger partial charge in [0.05, 0.1) is 17.7 Å². The van der Waals surface area contributed by atoms with Gasteiger partial charge in [0.1, 0.15) is 5.75 Å². The third kappa shape index (κ3) is 7.54. The molecule has 0 saturated heterocycles. The summed E-state index contributed by atoms with van der Waals surface area (Å²) in [6.45, 7) is 8.87. The van der Waals surface area contributed by atoms with Crippen LogP contribution in [0.5, 0.6) is 5.75 Å². The summed E-state index contributed by atoms with van der Waals surface area (Å²) in [7, 11) is 0. The Morgan fingerprint density at radius 2 is 1.43 bits per heavy atom. The van der Waals surface area contributed by atoms with E-state index in [2.05, 4.69) is 39.0 Å². The van der Waals surface area contributed by atoms with E-state index < -0.39 is 5.97 Å². The van der Waals surface area contributed by atoms with Crippen molar-refractivity contribution < 1.29 is 19.1 Å². The van der Waals surface area contributed by atoms with E-state index in [1.165, 1.54) is 30.4 Å². The van der Waals surface area contributed by atoms with Crippen molar-refractivity contribution in [3.05, 3.63) is 89.0 Å². The monoisotopic (exact) mass is 472 g/mol. The van der Waals surface area contributed by atoms with Crippen molar-refractivity contribution in [3.8, 4) is 16.9 Å². The topological polar surface area (TPSA) is 52.6 Å². The molecule has 0 spiro atoms. The molecule has 0 bridgehead atoms. The zero-order valence-electron chi connectivity index (χ0n) is 21.3. The van der Waals surface area contributed by atoms with Gasteiger partial charge in [0.2, 0.25) is 0 Å². The lowest BCUT2D eigenvalue weighted by Crippen LogP contribution is -2.12. The fourth-order valence-corrected chi connectivity index (χ4v) is 3.76. The van der Waals surface area contributed by atoms with Crippen molar-refractivity contribution >= 4 is 11.9 Å². The molecule has 0 radical (unpaired) electrons. The smallest absolute Gasteiger partial charge is 0.343 e. The van der Waals surface area contributed by atoms with Crippen LogP contribution in [0.4, 0.5) is 0 Å². The second-order valence-electron chi connectivity index (χ2n) is 9.20. The molecule has 0 aromatic heterocycles. The molecule has 0 N–H and O–H groups in total. The van der Waals surface area contributed by atoms with Crippen molar-refractivity contribution in [1.82, 2.24) is 0 Å². The van der Waals surface area contributed by atoms with E-state index in [9.17, 15) is 9.59 Å². The highest BCUT2D eigenvalue weighted by molar-refractivity contribution is 5.92. The average Bonchev–Trinajstić information content (AvgIpc) is 2.88. The highest BCUT2D eigenvalue weighted by Gasteiger charge is 2.12. The second-order valence-corrected chi connectivity index (χ2v) is 9.20. The molecule has 4 nitrogen and oxygen atoms in total. The zero-order valence-corrected chi connectivity index (χ0v) is 21.3. The molecule has 3 aromatic rings. The van der Waals surface area contributed by atoms with E-state index in [0.717, 1.165) is 24.0 Å². The molecule has 4 heteroatoms. The predicted molar refractivity (Wildman–Crippen MR) is 141 cm³/mol. The molecule has 0 saturated carbocycles. The Bertz CT molecular complexity index is 1110. The molecule has 1 atom stereocenters. The van der Waals surface area contributed by atoms with Crippen LogP contribution in [0.2, 0.25) is 0 Å². The van der Waals surface area contributed by atoms with Crippen LogP contribution in [0.3, 0.4) is 0 Å². The van der Waals surface area contributed by atoms with Crippen molar-refractivity contribution in [3.63, 3.8) is 0 Å². The Kier molecular flexibility index (Phi) is 9.66. The summed E-state index contributed by atoms with van der Waals surface area (Å²) < 4.78 is 10.8. The fourth-order valence-electron chi connectivity index (χ4n) is 3.76. The molecule has 3 aromatic carbocycles. The van der Waals surface area contributed by atoms with Crippen LogP contribution in [-0.2, 0) is 11.2 Å². The predicted octanol–water partition coefficient (Wildman–Crippen LogP) is 7.82. The summed E-state index contributed by atoms with van der Waals surface area (Å²) in [5.41, 5.74) is 5.80. The number of carbonyl (C=O) groups excluding carboxylic acids is 2. The number of esters is 2. The van der Waals surface area contributed by atoms with Gasteiger partial charge in [-0.1, -0.05) is 70.4 Å². The number of ether oxygens (including phenoxy) is 2. The lowest BCUT2D eigenvalue weighted by atomic mass is 9.96. The Hall–Kier alpha value is -3.40. The zero-order chi connectivity index (χ0) is 25.2. The van der Waals surface area contributed by atoms with Crippen LogP contribution in [0.1, 0.15) is 78.3 Å². The SMILES string of the molecule is CCCCCc1ccc(-c2ccc(C(=O)Oc3ccc(C(=O)OCC(C)CC)cc3)cc2)cc1C. The second kappa shape index (κ2) is 12.9. The van der Waals surface area contributed by atoms with Crippen LogP contribution in [0.25, 0.3) is 11.1 Å². The lowest BCUT2D eigenvalue weighted by molar-refractivity contribution is 0.0447. The van der Waals surface area contributed by atoms with Gasteiger partial charge in [0.15, 0.2) is 0 Å². The molecule has 3 rings (SSSR count). The summed E-state index contributed by atoms with van der Waals surface area (Å²) in [6, 6.07) is 20.5. The molecule has 0 amide bonds. The third-order valence-electron chi connectivity index (χ3n) is 6.34. The quantitative estimate of drug-likeness (QED) is 0.162. The molecule has 35 heavy (non-hydrogen) atoms. The van der Waals surface area contributed by atoms with Crippen LogP contribution >= 0.6 is 0 Å². The van der Waals surface area contributed by atoms with Crippen molar-refractivity contribution in [2.24, 2.45) is 5.92 Å². The maximum Gasteiger partial charge on any atom is 0.343 e. The third-order valence-corrected chi connectivity index (χ3v) is 6.34. The Labute approximate surface area is 209 Å². The van der Waals surface area contributed by atoms with Gasteiger partial charge in [-0.05, 0) is 84.3 Å². The number of hydrogen-bond donors (Lipinski definition) is 0. The van der Waals surface area contributed by atoms with E-state index in [0.29, 0.717) is 29.4 Å². The van der Waals surface area contributed by atoms with Gasteiger partial charge in [-0.15, -0.1) is 0 Å². The molecule has 184 valence electrons. The number of hydrogen-bond acceptors (Lipinski definition) is 4. The molecule has 0 heterocycles. The fraction of sp³-hybridized carbons (Fsp3) is 0.355. The van der Waals surface area contributed by atoms with E-state index >= 15 is 0 Å². The molecule has 0 fully saturated rings. The van der Waals surface area contributed by atoms with Crippen molar-refractivity contribution in [2.45, 2.75) is 59.8 Å². The van der Waals surface area contributed by atoms with Gasteiger partial charge in [-0.25, -0.2) is 9.59 Å². The first-order valence-corrected chi connectivity index (χ1v) is 12.6. The first-order valence-electron chi connectivity index (χ1n) is 12.6. The van der Waals surface area contributed by atoms with Crippen molar-refractivity contribution in [2.75, 3.05) is 6.61 Å². The standard InChI is InChI=1S/C31H36O4/c1-5-7-8-9-24-10-15-28(20-23(24)4)25-11-13-27(14-12-25)31(33)35-29-18-16-26(17-19-29)30(32)34-21-22(3)6-2/h10-20,22H,5-9,21H2,1-4H3. The average molecular weight is 473 g/mol. The van der Waals surface area contributed by atoms with Gasteiger partial charge in [0, 0.05) is 0 Å². The van der Waals surface area contributed by atoms with Crippen LogP contribution in [0, 0.1) is 12.8 Å². The van der Waals surface area contributed by atoms with E-state index in [1.807, 2.05) is 19.1 Å². The largest absolute Gasteiger partial charge is 0.462 e. The number of rotatable bonds is 11. The highest BCUT2D eigenvalue weighted by atomic mass is 16.5. The maximum absolute atomic E-state index is 12.6. The molecule has 1 unspecified atom stereocenters. The van der Waals surface area contributed by atoms with Crippen LogP contribution < -0.4 is 4.74 Å². The summed E-state index contributed by atoms with van der Waals surface area (Å²) in [5, 5.41) is 0. The van der Waals surface area contributed by atoms with Gasteiger partial charge in [-0.2, -0.15) is 0 Å². The number of unbranched alkanes of at least 4 members (excludes halogenated alkanes) is 2. The minimum absolute atomic E-state index is 0.324. The Balaban J connectivity index is 1.59. The number of carbonyl (C=O) groups is 2. The summed E-state index contributed by atoms with van der Waals surface area (Å²) in [5.74, 6) is -0.106. The Morgan fingerprint density at radius 1 is 0.800 bits per heavy atom. The molecule has 0 aliphatic rings. The first-order chi connectivity index (χ1) is 16.9. The normalized spacial score (nSPS) is 11.7.